The molecule has 0 saturated heterocycles. The molecule has 5 heteroatoms. The summed E-state index contributed by atoms with van der Waals surface area (Å²) in [6.07, 6.45) is 0. The predicted molar refractivity (Wildman–Crippen MR) is 93.4 cm³/mol. The Kier molecular flexibility index (Phi) is 4.16. The molecule has 0 aliphatic heterocycles. The fourth-order valence-corrected chi connectivity index (χ4v) is 2.50. The zero-order valence-corrected chi connectivity index (χ0v) is 13.0. The monoisotopic (exact) mass is 320 g/mol. The maximum Gasteiger partial charge on any atom is 0.272 e. The summed E-state index contributed by atoms with van der Waals surface area (Å²) < 4.78 is 0. The SMILES string of the molecule is C/C(=N\NC(=O)c1cccc2ccccc12)c1ccc(O)cc1O. The summed E-state index contributed by atoms with van der Waals surface area (Å²) in [5, 5.41) is 25.0. The maximum absolute atomic E-state index is 12.4. The zero-order chi connectivity index (χ0) is 17.1. The molecule has 0 atom stereocenters. The average molecular weight is 320 g/mol. The molecular weight excluding hydrogens is 304 g/mol. The summed E-state index contributed by atoms with van der Waals surface area (Å²) in [5.74, 6) is -0.469. The van der Waals surface area contributed by atoms with Crippen LogP contribution < -0.4 is 5.43 Å². The van der Waals surface area contributed by atoms with Crippen LogP contribution in [0.1, 0.15) is 22.8 Å². The Morgan fingerprint density at radius 1 is 0.958 bits per heavy atom. The first-order valence-corrected chi connectivity index (χ1v) is 7.41. The fraction of sp³-hybridized carbons (Fsp3) is 0.0526. The summed E-state index contributed by atoms with van der Waals surface area (Å²) in [6, 6.07) is 17.3. The van der Waals surface area contributed by atoms with Crippen LogP contribution in [0.5, 0.6) is 11.5 Å². The average Bonchev–Trinajstić information content (AvgIpc) is 2.59. The molecule has 0 radical (unpaired) electrons. The lowest BCUT2D eigenvalue weighted by Crippen LogP contribution is -2.19. The Morgan fingerprint density at radius 2 is 1.71 bits per heavy atom. The number of nitrogens with zero attached hydrogens (tertiary/aromatic N) is 1. The molecule has 0 unspecified atom stereocenters. The minimum Gasteiger partial charge on any atom is -0.508 e. The third-order valence-electron chi connectivity index (χ3n) is 3.73. The van der Waals surface area contributed by atoms with Gasteiger partial charge in [0.15, 0.2) is 0 Å². The summed E-state index contributed by atoms with van der Waals surface area (Å²) in [7, 11) is 0. The van der Waals surface area contributed by atoms with Crippen molar-refractivity contribution in [2.75, 3.05) is 0 Å². The molecule has 0 aliphatic rings. The number of hydrogen-bond donors (Lipinski definition) is 3. The molecule has 120 valence electrons. The van der Waals surface area contributed by atoms with E-state index >= 15 is 0 Å². The highest BCUT2D eigenvalue weighted by Gasteiger charge is 2.10. The van der Waals surface area contributed by atoms with E-state index in [1.165, 1.54) is 18.2 Å². The van der Waals surface area contributed by atoms with Crippen molar-refractivity contribution in [2.24, 2.45) is 5.10 Å². The Morgan fingerprint density at radius 3 is 2.50 bits per heavy atom. The molecule has 0 saturated carbocycles. The molecule has 0 spiro atoms. The highest BCUT2D eigenvalue weighted by atomic mass is 16.3. The fourth-order valence-electron chi connectivity index (χ4n) is 2.50. The van der Waals surface area contributed by atoms with E-state index in [1.54, 1.807) is 13.0 Å². The molecule has 0 fully saturated rings. The Hall–Kier alpha value is -3.34. The molecule has 0 heterocycles. The largest absolute Gasteiger partial charge is 0.508 e. The summed E-state index contributed by atoms with van der Waals surface area (Å²) in [5.41, 5.74) is 3.90. The van der Waals surface area contributed by atoms with Crippen LogP contribution in [0, 0.1) is 0 Å². The van der Waals surface area contributed by atoms with Gasteiger partial charge in [0.2, 0.25) is 0 Å². The lowest BCUT2D eigenvalue weighted by atomic mass is 10.0. The molecule has 3 N–H and O–H groups in total. The minimum atomic E-state index is -0.329. The molecule has 0 aliphatic carbocycles. The second kappa shape index (κ2) is 6.42. The third-order valence-corrected chi connectivity index (χ3v) is 3.73. The minimum absolute atomic E-state index is 0.0381. The number of nitrogens with one attached hydrogen (secondary N) is 1. The van der Waals surface area contributed by atoms with Crippen LogP contribution >= 0.6 is 0 Å². The number of rotatable bonds is 3. The van der Waals surface area contributed by atoms with Gasteiger partial charge in [-0.05, 0) is 35.9 Å². The van der Waals surface area contributed by atoms with Gasteiger partial charge in [0.25, 0.3) is 5.91 Å². The molecular formula is C19H16N2O3. The van der Waals surface area contributed by atoms with Crippen molar-refractivity contribution in [3.05, 3.63) is 71.8 Å². The Labute approximate surface area is 138 Å². The first-order valence-electron chi connectivity index (χ1n) is 7.41. The van der Waals surface area contributed by atoms with Gasteiger partial charge in [-0.3, -0.25) is 4.79 Å². The predicted octanol–water partition coefficient (Wildman–Crippen LogP) is 3.41. The third kappa shape index (κ3) is 3.05. The molecule has 24 heavy (non-hydrogen) atoms. The van der Waals surface area contributed by atoms with E-state index in [-0.39, 0.29) is 17.4 Å². The quantitative estimate of drug-likeness (QED) is 0.511. The number of hydrazone groups is 1. The van der Waals surface area contributed by atoms with Crippen LogP contribution in [-0.2, 0) is 0 Å². The van der Waals surface area contributed by atoms with Crippen molar-refractivity contribution < 1.29 is 15.0 Å². The van der Waals surface area contributed by atoms with E-state index < -0.39 is 0 Å². The van der Waals surface area contributed by atoms with Crippen molar-refractivity contribution in [3.8, 4) is 11.5 Å². The molecule has 5 nitrogen and oxygen atoms in total. The second-order valence-corrected chi connectivity index (χ2v) is 5.37. The molecule has 3 rings (SSSR count). The van der Waals surface area contributed by atoms with Gasteiger partial charge in [-0.1, -0.05) is 36.4 Å². The van der Waals surface area contributed by atoms with E-state index in [4.69, 9.17) is 0 Å². The van der Waals surface area contributed by atoms with Gasteiger partial charge in [0.05, 0.1) is 5.71 Å². The van der Waals surface area contributed by atoms with Crippen LogP contribution in [0.4, 0.5) is 0 Å². The number of phenolic OH excluding ortho intramolecular Hbond substituents is 2. The number of amides is 1. The molecule has 3 aromatic rings. The van der Waals surface area contributed by atoms with Crippen molar-refractivity contribution in [3.63, 3.8) is 0 Å². The van der Waals surface area contributed by atoms with Crippen LogP contribution in [0.15, 0.2) is 65.8 Å². The smallest absolute Gasteiger partial charge is 0.272 e. The summed E-state index contributed by atoms with van der Waals surface area (Å²) in [6.45, 7) is 1.66. The number of hydrogen-bond acceptors (Lipinski definition) is 4. The van der Waals surface area contributed by atoms with Gasteiger partial charge < -0.3 is 10.2 Å². The van der Waals surface area contributed by atoms with Gasteiger partial charge in [0, 0.05) is 17.2 Å². The number of aromatic hydroxyl groups is 2. The van der Waals surface area contributed by atoms with Gasteiger partial charge in [-0.2, -0.15) is 5.10 Å². The normalized spacial score (nSPS) is 11.5. The topological polar surface area (TPSA) is 81.9 Å². The number of phenols is 2. The zero-order valence-electron chi connectivity index (χ0n) is 13.0. The standard InChI is InChI=1S/C19H16N2O3/c1-12(15-10-9-14(22)11-18(15)23)20-21-19(24)17-8-4-6-13-5-2-3-7-16(13)17/h2-11,22-23H,1H3,(H,21,24)/b20-12+. The van der Waals surface area contributed by atoms with Gasteiger partial charge in [-0.15, -0.1) is 0 Å². The van der Waals surface area contributed by atoms with E-state index in [2.05, 4.69) is 10.5 Å². The van der Waals surface area contributed by atoms with Crippen molar-refractivity contribution >= 4 is 22.4 Å². The second-order valence-electron chi connectivity index (χ2n) is 5.37. The van der Waals surface area contributed by atoms with E-state index in [0.717, 1.165) is 10.8 Å². The maximum atomic E-state index is 12.4. The highest BCUT2D eigenvalue weighted by Crippen LogP contribution is 2.23. The van der Waals surface area contributed by atoms with Crippen LogP contribution in [-0.4, -0.2) is 21.8 Å². The van der Waals surface area contributed by atoms with Gasteiger partial charge in [0.1, 0.15) is 11.5 Å². The summed E-state index contributed by atoms with van der Waals surface area (Å²) in [4.78, 5) is 12.4. The van der Waals surface area contributed by atoms with Crippen molar-refractivity contribution in [1.29, 1.82) is 0 Å². The van der Waals surface area contributed by atoms with E-state index in [9.17, 15) is 15.0 Å². The van der Waals surface area contributed by atoms with Crippen LogP contribution in [0.25, 0.3) is 10.8 Å². The first-order chi connectivity index (χ1) is 11.6. The lowest BCUT2D eigenvalue weighted by Gasteiger charge is -2.07. The van der Waals surface area contributed by atoms with Crippen LogP contribution in [0.2, 0.25) is 0 Å². The first kappa shape index (κ1) is 15.6. The van der Waals surface area contributed by atoms with Crippen molar-refractivity contribution in [2.45, 2.75) is 6.92 Å². The number of benzene rings is 3. The van der Waals surface area contributed by atoms with Crippen molar-refractivity contribution in [1.82, 2.24) is 5.43 Å². The number of carbonyl (C=O) groups is 1. The molecule has 0 bridgehead atoms. The van der Waals surface area contributed by atoms with E-state index in [0.29, 0.717) is 16.8 Å². The van der Waals surface area contributed by atoms with Gasteiger partial charge >= 0.3 is 0 Å². The Balaban J connectivity index is 1.86. The number of fused-ring (bicyclic) bond motifs is 1. The molecule has 1 amide bonds. The van der Waals surface area contributed by atoms with Gasteiger partial charge in [-0.25, -0.2) is 5.43 Å². The molecule has 3 aromatic carbocycles. The number of carbonyl (C=O) groups excluding carboxylic acids is 1. The highest BCUT2D eigenvalue weighted by molar-refractivity contribution is 6.08. The van der Waals surface area contributed by atoms with E-state index in [1.807, 2.05) is 36.4 Å². The lowest BCUT2D eigenvalue weighted by molar-refractivity contribution is 0.0956. The Bertz CT molecular complexity index is 943. The van der Waals surface area contributed by atoms with Crippen LogP contribution in [0.3, 0.4) is 0 Å². The summed E-state index contributed by atoms with van der Waals surface area (Å²) >= 11 is 0. The molecule has 0 aromatic heterocycles.